The molecular formula is C28H33F4N3O3S2. The second kappa shape index (κ2) is 11.2. The van der Waals surface area contributed by atoms with Gasteiger partial charge in [-0.3, -0.25) is 9.69 Å². The van der Waals surface area contributed by atoms with Gasteiger partial charge in [-0.25, -0.2) is 30.7 Å². The summed E-state index contributed by atoms with van der Waals surface area (Å²) in [6, 6.07) is 6.78. The normalized spacial score (nSPS) is 20.7. The van der Waals surface area contributed by atoms with Gasteiger partial charge in [0, 0.05) is 41.7 Å². The van der Waals surface area contributed by atoms with Crippen molar-refractivity contribution < 1.29 is 30.8 Å². The summed E-state index contributed by atoms with van der Waals surface area (Å²) in [7, 11) is -4.49. The summed E-state index contributed by atoms with van der Waals surface area (Å²) in [5.74, 6) is -2.89. The lowest BCUT2D eigenvalue weighted by atomic mass is 9.46. The molecule has 0 radical (unpaired) electrons. The summed E-state index contributed by atoms with van der Waals surface area (Å²) < 4.78 is 84.6. The lowest BCUT2D eigenvalue weighted by Gasteiger charge is -2.58. The van der Waals surface area contributed by atoms with E-state index in [0.717, 1.165) is 24.2 Å². The van der Waals surface area contributed by atoms with Crippen LogP contribution in [0.5, 0.6) is 0 Å². The number of carbonyl (C=O) groups is 1. The monoisotopic (exact) mass is 599 g/mol. The highest BCUT2D eigenvalue weighted by atomic mass is 32.2. The van der Waals surface area contributed by atoms with Crippen molar-refractivity contribution in [2.45, 2.75) is 67.5 Å². The summed E-state index contributed by atoms with van der Waals surface area (Å²) >= 11 is 1.37. The second-order valence-electron chi connectivity index (χ2n) is 11.7. The number of hydrogen-bond donors (Lipinski definition) is 2. The molecule has 2 aliphatic carbocycles. The quantitative estimate of drug-likeness (QED) is 0.263. The molecule has 2 saturated carbocycles. The Kier molecular flexibility index (Phi) is 8.15. The topological polar surface area (TPSA) is 78.5 Å². The fraction of sp³-hybridized carbons (Fsp3) is 0.536. The van der Waals surface area contributed by atoms with Crippen molar-refractivity contribution in [2.24, 2.45) is 10.8 Å². The molecule has 1 saturated heterocycles. The number of anilines is 1. The number of sulfonamides is 1. The van der Waals surface area contributed by atoms with Crippen LogP contribution in [0.1, 0.15) is 45.4 Å². The van der Waals surface area contributed by atoms with Crippen molar-refractivity contribution in [2.75, 3.05) is 30.7 Å². The zero-order chi connectivity index (χ0) is 28.7. The first-order chi connectivity index (χ1) is 18.9. The van der Waals surface area contributed by atoms with Crippen LogP contribution in [0.4, 0.5) is 23.2 Å². The van der Waals surface area contributed by atoms with Gasteiger partial charge >= 0.3 is 0 Å². The molecular weight excluding hydrogens is 566 g/mol. The Labute approximate surface area is 236 Å². The van der Waals surface area contributed by atoms with Gasteiger partial charge in [0.05, 0.1) is 4.90 Å². The molecule has 6 nitrogen and oxygen atoms in total. The summed E-state index contributed by atoms with van der Waals surface area (Å²) in [5, 5.41) is 2.85. The van der Waals surface area contributed by atoms with Crippen molar-refractivity contribution in [3.63, 3.8) is 0 Å². The smallest absolute Gasteiger partial charge is 0.264 e. The average molecular weight is 600 g/mol. The Morgan fingerprint density at radius 3 is 2.27 bits per heavy atom. The van der Waals surface area contributed by atoms with Crippen molar-refractivity contribution in [1.82, 2.24) is 9.62 Å². The van der Waals surface area contributed by atoms with Crippen LogP contribution in [-0.4, -0.2) is 56.8 Å². The molecule has 1 heterocycles. The fourth-order valence-electron chi connectivity index (χ4n) is 6.10. The molecule has 2 aromatic rings. The summed E-state index contributed by atoms with van der Waals surface area (Å²) in [4.78, 5) is 14.8. The molecule has 3 aliphatic rings. The van der Waals surface area contributed by atoms with E-state index in [2.05, 4.69) is 5.32 Å². The van der Waals surface area contributed by atoms with Gasteiger partial charge in [0.1, 0.15) is 17.7 Å². The van der Waals surface area contributed by atoms with E-state index in [4.69, 9.17) is 0 Å². The average Bonchev–Trinajstić information content (AvgIpc) is 2.83. The number of halogens is 4. The second-order valence-corrected chi connectivity index (χ2v) is 14.5. The van der Waals surface area contributed by atoms with Gasteiger partial charge in [-0.1, -0.05) is 13.3 Å². The molecule has 5 rings (SSSR count). The first-order valence-electron chi connectivity index (χ1n) is 13.4. The minimum absolute atomic E-state index is 0.135. The molecule has 1 spiro atoms. The molecule has 2 aromatic carbocycles. The first-order valence-corrected chi connectivity index (χ1v) is 15.9. The number of benzene rings is 2. The molecule has 1 aliphatic heterocycles. The summed E-state index contributed by atoms with van der Waals surface area (Å²) in [5.41, 5.74) is -1.17. The number of amides is 1. The number of rotatable bonds is 11. The largest absolute Gasteiger partial charge is 0.377 e. The van der Waals surface area contributed by atoms with Crippen LogP contribution < -0.4 is 10.0 Å². The van der Waals surface area contributed by atoms with Crippen LogP contribution >= 0.6 is 11.8 Å². The Bertz CT molecular complexity index is 1330. The lowest BCUT2D eigenvalue weighted by molar-refractivity contribution is -0.151. The van der Waals surface area contributed by atoms with E-state index in [1.807, 2.05) is 9.62 Å². The van der Waals surface area contributed by atoms with E-state index in [0.29, 0.717) is 56.8 Å². The van der Waals surface area contributed by atoms with Crippen molar-refractivity contribution >= 4 is 33.4 Å². The molecule has 2 N–H and O–H groups in total. The number of alkyl halides is 1. The molecule has 0 aromatic heterocycles. The highest BCUT2D eigenvalue weighted by molar-refractivity contribution is 7.99. The molecule has 3 fully saturated rings. The van der Waals surface area contributed by atoms with Crippen molar-refractivity contribution in [1.29, 1.82) is 0 Å². The minimum Gasteiger partial charge on any atom is -0.377 e. The van der Waals surface area contributed by atoms with Crippen LogP contribution in [0.15, 0.2) is 46.2 Å². The highest BCUT2D eigenvalue weighted by Crippen LogP contribution is 2.64. The number of thioether (sulfide) groups is 1. The maximum absolute atomic E-state index is 15.2. The maximum atomic E-state index is 15.2. The third-order valence-corrected chi connectivity index (χ3v) is 10.9. The van der Waals surface area contributed by atoms with Gasteiger partial charge < -0.3 is 5.32 Å². The van der Waals surface area contributed by atoms with E-state index >= 15 is 8.78 Å². The first kappa shape index (κ1) is 29.2. The Morgan fingerprint density at radius 2 is 1.73 bits per heavy atom. The maximum Gasteiger partial charge on any atom is 0.264 e. The number of nitrogens with one attached hydrogen (secondary N) is 2. The molecule has 1 amide bonds. The lowest BCUT2D eigenvalue weighted by Crippen LogP contribution is -2.56. The van der Waals surface area contributed by atoms with Gasteiger partial charge in [-0.2, -0.15) is 0 Å². The predicted octanol–water partition coefficient (Wildman–Crippen LogP) is 5.50. The molecule has 40 heavy (non-hydrogen) atoms. The van der Waals surface area contributed by atoms with Crippen LogP contribution in [0.3, 0.4) is 0 Å². The third kappa shape index (κ3) is 6.28. The molecule has 0 unspecified atom stereocenters. The van der Waals surface area contributed by atoms with Crippen LogP contribution in [0.2, 0.25) is 0 Å². The van der Waals surface area contributed by atoms with Gasteiger partial charge in [0.2, 0.25) is 5.91 Å². The van der Waals surface area contributed by atoms with Crippen molar-refractivity contribution in [3.05, 3.63) is 53.8 Å². The van der Waals surface area contributed by atoms with Gasteiger partial charge in [0.25, 0.3) is 10.0 Å². The van der Waals surface area contributed by atoms with Gasteiger partial charge in [-0.05, 0) is 73.9 Å². The Hall–Kier alpha value is -2.31. The summed E-state index contributed by atoms with van der Waals surface area (Å²) in [6.07, 6.45) is 3.95. The SMILES string of the molecule is CC1(C(=O)NS(=O)(=O)c2cc(F)c(N[C@H](CCN3CC(F)C3)CSc3ccc(F)cc3)c(F)c2)CC2(CCC2)C1. The zero-order valence-corrected chi connectivity index (χ0v) is 23.8. The number of hydrogen-bond acceptors (Lipinski definition) is 6. The third-order valence-electron chi connectivity index (χ3n) is 8.37. The Balaban J connectivity index is 1.26. The predicted molar refractivity (Wildman–Crippen MR) is 146 cm³/mol. The molecule has 218 valence electrons. The van der Waals surface area contributed by atoms with Gasteiger partial charge in [-0.15, -0.1) is 11.8 Å². The van der Waals surface area contributed by atoms with E-state index in [9.17, 15) is 22.0 Å². The van der Waals surface area contributed by atoms with Crippen LogP contribution in [0.25, 0.3) is 0 Å². The van der Waals surface area contributed by atoms with Crippen molar-refractivity contribution in [3.8, 4) is 0 Å². The molecule has 12 heteroatoms. The van der Waals surface area contributed by atoms with Crippen LogP contribution in [0, 0.1) is 28.3 Å². The standard InChI is InChI=1S/C28H33F4N3O3S2/c1-27(16-28(17-27)8-2-9-28)26(36)34-40(37,38)22-11-23(31)25(24(32)12-22)33-20(7-10-35-13-19(30)14-35)15-39-21-5-3-18(29)4-6-21/h3-6,11-12,19-20,33H,2,7-10,13-17H2,1H3,(H,34,36)/t20-/m1/s1. The molecule has 1 atom stereocenters. The van der Waals surface area contributed by atoms with E-state index in [1.54, 1.807) is 19.1 Å². The molecule has 0 bridgehead atoms. The van der Waals surface area contributed by atoms with Crippen LogP contribution in [-0.2, 0) is 14.8 Å². The van der Waals surface area contributed by atoms with E-state index in [1.165, 1.54) is 23.9 Å². The minimum atomic E-state index is -4.49. The highest BCUT2D eigenvalue weighted by Gasteiger charge is 2.58. The van der Waals surface area contributed by atoms with E-state index in [-0.39, 0.29) is 11.2 Å². The van der Waals surface area contributed by atoms with E-state index < -0.39 is 55.8 Å². The van der Waals surface area contributed by atoms with Gasteiger partial charge in [0.15, 0.2) is 11.6 Å². The zero-order valence-electron chi connectivity index (χ0n) is 22.2. The number of carbonyl (C=O) groups excluding carboxylic acids is 1. The number of nitrogens with zero attached hydrogens (tertiary/aromatic N) is 1. The Morgan fingerprint density at radius 1 is 1.10 bits per heavy atom. The fourth-order valence-corrected chi connectivity index (χ4v) is 8.20. The summed E-state index contributed by atoms with van der Waals surface area (Å²) in [6.45, 7) is 2.83. The number of likely N-dealkylation sites (tertiary alicyclic amines) is 1.